The minimum Gasteiger partial charge on any atom is -0.493 e. The molecule has 0 saturated carbocycles. The van der Waals surface area contributed by atoms with Gasteiger partial charge in [-0.3, -0.25) is 4.79 Å². The highest BCUT2D eigenvalue weighted by Crippen LogP contribution is 2.30. The molecule has 0 aliphatic rings. The maximum absolute atomic E-state index is 12.7. The van der Waals surface area contributed by atoms with Crippen LogP contribution in [0.1, 0.15) is 23.5 Å². The molecule has 0 bridgehead atoms. The minimum absolute atomic E-state index is 0.0947. The summed E-state index contributed by atoms with van der Waals surface area (Å²) in [6.07, 6.45) is 5.00. The van der Waals surface area contributed by atoms with Gasteiger partial charge in [-0.15, -0.1) is 11.3 Å². The molecule has 150 valence electrons. The van der Waals surface area contributed by atoms with Crippen LogP contribution >= 0.6 is 11.3 Å². The van der Waals surface area contributed by atoms with Crippen LogP contribution in [0.5, 0.6) is 11.5 Å². The molecule has 1 atom stereocenters. The number of para-hydroxylation sites is 1. The van der Waals surface area contributed by atoms with Crippen molar-refractivity contribution in [1.82, 2.24) is 9.88 Å². The number of thiazole rings is 1. The van der Waals surface area contributed by atoms with Gasteiger partial charge in [0.1, 0.15) is 11.6 Å². The lowest BCUT2D eigenvalue weighted by molar-refractivity contribution is -0.126. The predicted molar refractivity (Wildman–Crippen MR) is 119 cm³/mol. The number of carbonyl (C=O) groups excluding carboxylic acids is 1. The summed E-state index contributed by atoms with van der Waals surface area (Å²) < 4.78 is 12.0. The Labute approximate surface area is 174 Å². The highest BCUT2D eigenvalue weighted by atomic mass is 32.1. The van der Waals surface area contributed by atoms with E-state index in [1.807, 2.05) is 49.4 Å². The van der Waals surface area contributed by atoms with Crippen LogP contribution in [0.4, 0.5) is 0 Å². The Morgan fingerprint density at radius 1 is 1.28 bits per heavy atom. The lowest BCUT2D eigenvalue weighted by Gasteiger charge is -2.21. The standard InChI is InChI=1S/C23H24N2O3S/c1-5-14-28-19-12-10-17(15-20(19)27-4)11-13-22(26)25(3)16(2)23-24-18-8-6-7-9-21(18)29-23/h5-13,15-16H,1,14H2,2-4H3/b13-11+/t16-/m0/s1. The summed E-state index contributed by atoms with van der Waals surface area (Å²) in [6.45, 7) is 6.03. The molecule has 29 heavy (non-hydrogen) atoms. The molecule has 3 aromatic rings. The van der Waals surface area contributed by atoms with E-state index in [1.165, 1.54) is 0 Å². The normalized spacial score (nSPS) is 12.1. The molecule has 6 heteroatoms. The summed E-state index contributed by atoms with van der Waals surface area (Å²) in [5.74, 6) is 1.15. The van der Waals surface area contributed by atoms with Crippen molar-refractivity contribution in [1.29, 1.82) is 0 Å². The van der Waals surface area contributed by atoms with Crippen molar-refractivity contribution in [2.45, 2.75) is 13.0 Å². The molecule has 0 unspecified atom stereocenters. The molecule has 0 spiro atoms. The van der Waals surface area contributed by atoms with Gasteiger partial charge in [-0.2, -0.15) is 0 Å². The second-order valence-electron chi connectivity index (χ2n) is 6.49. The fourth-order valence-electron chi connectivity index (χ4n) is 2.77. The van der Waals surface area contributed by atoms with Crippen molar-refractivity contribution in [3.8, 4) is 11.5 Å². The fraction of sp³-hybridized carbons (Fsp3) is 0.217. The fourth-order valence-corrected chi connectivity index (χ4v) is 3.83. The molecule has 1 amide bonds. The van der Waals surface area contributed by atoms with Crippen LogP contribution in [-0.4, -0.2) is 36.6 Å². The van der Waals surface area contributed by atoms with E-state index in [0.717, 1.165) is 20.8 Å². The number of fused-ring (bicyclic) bond motifs is 1. The lowest BCUT2D eigenvalue weighted by atomic mass is 10.2. The third kappa shape index (κ3) is 4.84. The van der Waals surface area contributed by atoms with Gasteiger partial charge in [0.25, 0.3) is 0 Å². The number of rotatable bonds is 8. The molecule has 0 aliphatic carbocycles. The second-order valence-corrected chi connectivity index (χ2v) is 7.55. The van der Waals surface area contributed by atoms with Crippen LogP contribution in [0, 0.1) is 0 Å². The van der Waals surface area contributed by atoms with E-state index in [1.54, 1.807) is 48.6 Å². The molecule has 2 aromatic carbocycles. The number of amides is 1. The topological polar surface area (TPSA) is 51.7 Å². The number of aromatic nitrogens is 1. The van der Waals surface area contributed by atoms with Gasteiger partial charge < -0.3 is 14.4 Å². The molecule has 0 fully saturated rings. The van der Waals surface area contributed by atoms with Gasteiger partial charge in [0.05, 0.1) is 23.4 Å². The van der Waals surface area contributed by atoms with Gasteiger partial charge in [-0.25, -0.2) is 4.98 Å². The third-order valence-electron chi connectivity index (χ3n) is 4.56. The third-order valence-corrected chi connectivity index (χ3v) is 5.77. The number of hydrogen-bond donors (Lipinski definition) is 0. The average Bonchev–Trinajstić information content (AvgIpc) is 3.19. The maximum Gasteiger partial charge on any atom is 0.246 e. The lowest BCUT2D eigenvalue weighted by Crippen LogP contribution is -2.27. The zero-order valence-electron chi connectivity index (χ0n) is 16.8. The van der Waals surface area contributed by atoms with E-state index in [9.17, 15) is 4.79 Å². The summed E-state index contributed by atoms with van der Waals surface area (Å²) in [5.41, 5.74) is 1.81. The van der Waals surface area contributed by atoms with E-state index in [0.29, 0.717) is 18.1 Å². The smallest absolute Gasteiger partial charge is 0.246 e. The molecule has 0 saturated heterocycles. The van der Waals surface area contributed by atoms with Gasteiger partial charge in [0, 0.05) is 13.1 Å². The highest BCUT2D eigenvalue weighted by Gasteiger charge is 2.19. The summed E-state index contributed by atoms with van der Waals surface area (Å²) in [4.78, 5) is 19.0. The van der Waals surface area contributed by atoms with Crippen LogP contribution in [0.25, 0.3) is 16.3 Å². The number of hydrogen-bond acceptors (Lipinski definition) is 5. The Balaban J connectivity index is 1.71. The Morgan fingerprint density at radius 2 is 2.07 bits per heavy atom. The number of methoxy groups -OCH3 is 1. The van der Waals surface area contributed by atoms with Gasteiger partial charge in [0.2, 0.25) is 5.91 Å². The van der Waals surface area contributed by atoms with Gasteiger partial charge >= 0.3 is 0 Å². The van der Waals surface area contributed by atoms with Gasteiger partial charge in [-0.05, 0) is 42.8 Å². The first-order valence-corrected chi connectivity index (χ1v) is 10.1. The zero-order valence-corrected chi connectivity index (χ0v) is 17.6. The Kier molecular flexibility index (Phi) is 6.67. The first kappa shape index (κ1) is 20.6. The Morgan fingerprint density at radius 3 is 2.79 bits per heavy atom. The summed E-state index contributed by atoms with van der Waals surface area (Å²) >= 11 is 1.61. The van der Waals surface area contributed by atoms with Gasteiger partial charge in [0.15, 0.2) is 11.5 Å². The van der Waals surface area contributed by atoms with Crippen LogP contribution in [0.2, 0.25) is 0 Å². The first-order valence-electron chi connectivity index (χ1n) is 9.25. The monoisotopic (exact) mass is 408 g/mol. The molecule has 0 aliphatic heterocycles. The molecule has 1 aromatic heterocycles. The van der Waals surface area contributed by atoms with Crippen molar-refractivity contribution in [3.63, 3.8) is 0 Å². The number of ether oxygens (including phenoxy) is 2. The van der Waals surface area contributed by atoms with Crippen LogP contribution in [0.15, 0.2) is 61.2 Å². The van der Waals surface area contributed by atoms with E-state index in [4.69, 9.17) is 9.47 Å². The van der Waals surface area contributed by atoms with Crippen molar-refractivity contribution in [3.05, 3.63) is 71.8 Å². The summed E-state index contributed by atoms with van der Waals surface area (Å²) in [6, 6.07) is 13.4. The number of carbonyl (C=O) groups is 1. The SMILES string of the molecule is C=CCOc1ccc(/C=C/C(=O)N(C)[C@@H](C)c2nc3ccccc3s2)cc1OC. The predicted octanol–water partition coefficient (Wildman–Crippen LogP) is 5.10. The first-order chi connectivity index (χ1) is 14.0. The molecule has 1 heterocycles. The Bertz CT molecular complexity index is 1010. The van der Waals surface area contributed by atoms with Crippen molar-refractivity contribution >= 4 is 33.5 Å². The van der Waals surface area contributed by atoms with Crippen LogP contribution in [0.3, 0.4) is 0 Å². The molecule has 5 nitrogen and oxygen atoms in total. The zero-order chi connectivity index (χ0) is 20.8. The number of benzene rings is 2. The molecule has 0 N–H and O–H groups in total. The van der Waals surface area contributed by atoms with Crippen LogP contribution in [-0.2, 0) is 4.79 Å². The number of likely N-dealkylation sites (N-methyl/N-ethyl adjacent to an activating group) is 1. The molecular weight excluding hydrogens is 384 g/mol. The molecule has 0 radical (unpaired) electrons. The van der Waals surface area contributed by atoms with E-state index in [2.05, 4.69) is 11.6 Å². The van der Waals surface area contributed by atoms with Gasteiger partial charge in [-0.1, -0.05) is 30.9 Å². The van der Waals surface area contributed by atoms with Crippen molar-refractivity contribution in [2.75, 3.05) is 20.8 Å². The maximum atomic E-state index is 12.7. The Hall–Kier alpha value is -3.12. The van der Waals surface area contributed by atoms with E-state index in [-0.39, 0.29) is 11.9 Å². The van der Waals surface area contributed by atoms with Crippen molar-refractivity contribution in [2.24, 2.45) is 0 Å². The largest absolute Gasteiger partial charge is 0.493 e. The van der Waals surface area contributed by atoms with Crippen molar-refractivity contribution < 1.29 is 14.3 Å². The summed E-state index contributed by atoms with van der Waals surface area (Å²) in [5, 5.41) is 0.917. The minimum atomic E-state index is -0.117. The number of nitrogens with zero attached hydrogens (tertiary/aromatic N) is 2. The quantitative estimate of drug-likeness (QED) is 0.384. The van der Waals surface area contributed by atoms with E-state index < -0.39 is 0 Å². The molecular formula is C23H24N2O3S. The summed E-state index contributed by atoms with van der Waals surface area (Å²) in [7, 11) is 3.37. The second kappa shape index (κ2) is 9.39. The highest BCUT2D eigenvalue weighted by molar-refractivity contribution is 7.18. The van der Waals surface area contributed by atoms with E-state index >= 15 is 0 Å². The van der Waals surface area contributed by atoms with Crippen LogP contribution < -0.4 is 9.47 Å². The average molecular weight is 409 g/mol. The molecule has 3 rings (SSSR count).